The van der Waals surface area contributed by atoms with Crippen molar-refractivity contribution in [1.82, 2.24) is 0 Å². The van der Waals surface area contributed by atoms with Gasteiger partial charge in [-0.15, -0.1) is 6.58 Å². The third kappa shape index (κ3) is 7.62. The van der Waals surface area contributed by atoms with E-state index in [-0.39, 0.29) is 29.5 Å². The van der Waals surface area contributed by atoms with Crippen LogP contribution in [0.5, 0.6) is 0 Å². The quantitative estimate of drug-likeness (QED) is 0.257. The molecule has 5 heteroatoms. The Labute approximate surface area is 207 Å². The van der Waals surface area contributed by atoms with Gasteiger partial charge in [-0.25, -0.2) is 0 Å². The van der Waals surface area contributed by atoms with E-state index in [2.05, 4.69) is 64.7 Å². The normalized spacial score (nSPS) is 23.6. The van der Waals surface area contributed by atoms with Gasteiger partial charge in [-0.3, -0.25) is 0 Å². The second kappa shape index (κ2) is 12.3. The molecule has 1 fully saturated rings. The van der Waals surface area contributed by atoms with Crippen LogP contribution < -0.4 is 0 Å². The molecule has 0 bridgehead atoms. The second-order valence-corrected chi connectivity index (χ2v) is 15.5. The maximum Gasteiger partial charge on any atom is 0.192 e. The largest absolute Gasteiger partial charge is 0.409 e. The van der Waals surface area contributed by atoms with Crippen LogP contribution in [0.1, 0.15) is 44.7 Å². The molecule has 3 rings (SSSR count). The predicted molar refractivity (Wildman–Crippen MR) is 141 cm³/mol. The van der Waals surface area contributed by atoms with E-state index in [1.807, 2.05) is 42.5 Å². The number of benzene rings is 2. The lowest BCUT2D eigenvalue weighted by Crippen LogP contribution is -2.57. The van der Waals surface area contributed by atoms with Crippen molar-refractivity contribution in [3.05, 3.63) is 84.4 Å². The van der Waals surface area contributed by atoms with Crippen LogP contribution in [0.3, 0.4) is 0 Å². The first-order chi connectivity index (χ1) is 16.2. The van der Waals surface area contributed by atoms with Crippen LogP contribution >= 0.6 is 0 Å². The summed E-state index contributed by atoms with van der Waals surface area (Å²) in [6.45, 7) is 17.0. The summed E-state index contributed by atoms with van der Waals surface area (Å²) in [5.41, 5.74) is 2.33. The van der Waals surface area contributed by atoms with Gasteiger partial charge in [0.25, 0.3) is 0 Å². The number of hydrogen-bond acceptors (Lipinski definition) is 4. The Balaban J connectivity index is 1.73. The molecular formula is C29H42O4Si. The zero-order valence-corrected chi connectivity index (χ0v) is 22.5. The van der Waals surface area contributed by atoms with Gasteiger partial charge in [0.15, 0.2) is 8.32 Å². The zero-order valence-electron chi connectivity index (χ0n) is 21.5. The third-order valence-electron chi connectivity index (χ3n) is 6.95. The molecule has 0 radical (unpaired) electrons. The minimum absolute atomic E-state index is 0.0475. The fraction of sp³-hybridized carbons (Fsp3) is 0.517. The summed E-state index contributed by atoms with van der Waals surface area (Å²) in [7, 11) is -2.03. The minimum atomic E-state index is -2.03. The lowest BCUT2D eigenvalue weighted by Gasteiger charge is -2.47. The van der Waals surface area contributed by atoms with Crippen LogP contribution in [-0.2, 0) is 31.9 Å². The molecule has 1 heterocycles. The summed E-state index contributed by atoms with van der Waals surface area (Å²) in [6, 6.07) is 20.6. The van der Waals surface area contributed by atoms with Gasteiger partial charge in [0.05, 0.1) is 44.2 Å². The van der Waals surface area contributed by atoms with Crippen molar-refractivity contribution in [2.24, 2.45) is 0 Å². The Morgan fingerprint density at radius 1 is 0.971 bits per heavy atom. The van der Waals surface area contributed by atoms with Gasteiger partial charge in [0.1, 0.15) is 0 Å². The van der Waals surface area contributed by atoms with Gasteiger partial charge in [0.2, 0.25) is 0 Å². The third-order valence-corrected chi connectivity index (χ3v) is 11.4. The minimum Gasteiger partial charge on any atom is -0.409 e. The highest BCUT2D eigenvalue weighted by Crippen LogP contribution is 2.40. The van der Waals surface area contributed by atoms with Crippen LogP contribution in [0, 0.1) is 0 Å². The topological polar surface area (TPSA) is 36.9 Å². The molecule has 0 spiro atoms. The van der Waals surface area contributed by atoms with Gasteiger partial charge < -0.3 is 18.6 Å². The zero-order chi connectivity index (χ0) is 24.6. The smallest absolute Gasteiger partial charge is 0.192 e. The molecule has 0 N–H and O–H groups in total. The number of ether oxygens (including phenoxy) is 3. The van der Waals surface area contributed by atoms with E-state index in [4.69, 9.17) is 18.6 Å². The van der Waals surface area contributed by atoms with E-state index in [1.54, 1.807) is 0 Å². The Bertz CT molecular complexity index is 863. The predicted octanol–water partition coefficient (Wildman–Crippen LogP) is 6.91. The van der Waals surface area contributed by atoms with Crippen molar-refractivity contribution in [3.8, 4) is 0 Å². The van der Waals surface area contributed by atoms with Crippen molar-refractivity contribution < 1.29 is 18.6 Å². The molecule has 0 saturated carbocycles. The van der Waals surface area contributed by atoms with Gasteiger partial charge >= 0.3 is 0 Å². The Kier molecular flexibility index (Phi) is 9.69. The summed E-state index contributed by atoms with van der Waals surface area (Å²) in [5.74, 6) is 0. The summed E-state index contributed by atoms with van der Waals surface area (Å²) in [4.78, 5) is 0. The van der Waals surface area contributed by atoms with E-state index in [0.717, 1.165) is 24.0 Å². The summed E-state index contributed by atoms with van der Waals surface area (Å²) >= 11 is 0. The maximum absolute atomic E-state index is 6.93. The van der Waals surface area contributed by atoms with Crippen molar-refractivity contribution in [2.45, 2.75) is 89.4 Å². The summed E-state index contributed by atoms with van der Waals surface area (Å²) < 4.78 is 26.1. The lowest BCUT2D eigenvalue weighted by molar-refractivity contribution is -0.192. The van der Waals surface area contributed by atoms with Crippen LogP contribution in [0.15, 0.2) is 73.3 Å². The molecule has 4 atom stereocenters. The van der Waals surface area contributed by atoms with E-state index in [9.17, 15) is 0 Å². The monoisotopic (exact) mass is 482 g/mol. The molecule has 4 nitrogen and oxygen atoms in total. The van der Waals surface area contributed by atoms with E-state index >= 15 is 0 Å². The molecule has 1 aliphatic rings. The van der Waals surface area contributed by atoms with E-state index < -0.39 is 8.32 Å². The molecule has 2 aromatic carbocycles. The Morgan fingerprint density at radius 2 is 1.56 bits per heavy atom. The Morgan fingerprint density at radius 3 is 2.12 bits per heavy atom. The number of hydrogen-bond donors (Lipinski definition) is 0. The first-order valence-electron chi connectivity index (χ1n) is 12.4. The van der Waals surface area contributed by atoms with Gasteiger partial charge in [-0.2, -0.15) is 0 Å². The van der Waals surface area contributed by atoms with Gasteiger partial charge in [-0.1, -0.05) is 87.5 Å². The first kappa shape index (κ1) is 26.8. The molecule has 186 valence electrons. The highest BCUT2D eigenvalue weighted by molar-refractivity contribution is 6.74. The molecule has 34 heavy (non-hydrogen) atoms. The van der Waals surface area contributed by atoms with Crippen LogP contribution in [0.4, 0.5) is 0 Å². The van der Waals surface area contributed by atoms with E-state index in [1.165, 1.54) is 0 Å². The Hall–Kier alpha value is -1.76. The fourth-order valence-corrected chi connectivity index (χ4v) is 5.30. The van der Waals surface area contributed by atoms with Crippen LogP contribution in [-0.4, -0.2) is 39.3 Å². The first-order valence-corrected chi connectivity index (χ1v) is 15.3. The molecule has 1 aliphatic heterocycles. The van der Waals surface area contributed by atoms with Crippen molar-refractivity contribution in [2.75, 3.05) is 6.61 Å². The average molecular weight is 483 g/mol. The van der Waals surface area contributed by atoms with Gasteiger partial charge in [0, 0.05) is 6.42 Å². The molecule has 0 unspecified atom stereocenters. The SMILES string of the molecule is C=CC[C@H]1O[C@H](COCc2ccccc2)C[C@H](OCc2ccccc2)[C@@H]1O[Si](C)(C)C(C)(C)C. The summed E-state index contributed by atoms with van der Waals surface area (Å²) in [5, 5.41) is 0.103. The van der Waals surface area contributed by atoms with Crippen LogP contribution in [0.25, 0.3) is 0 Å². The lowest BCUT2D eigenvalue weighted by atomic mass is 9.96. The highest BCUT2D eigenvalue weighted by atomic mass is 28.4. The number of rotatable bonds is 11. The van der Waals surface area contributed by atoms with Crippen LogP contribution in [0.2, 0.25) is 18.1 Å². The molecule has 2 aromatic rings. The standard InChI is InChI=1S/C29H42O4Si/c1-7-14-26-28(33-34(5,6)29(2,3)4)27(31-21-24-17-12-9-13-18-24)19-25(32-26)22-30-20-23-15-10-8-11-16-23/h7-13,15-18,25-28H,1,14,19-22H2,2-6H3/t25-,26+,27-,28+/m0/s1. The molecule has 0 amide bonds. The highest BCUT2D eigenvalue weighted by Gasteiger charge is 2.46. The second-order valence-electron chi connectivity index (χ2n) is 10.7. The van der Waals surface area contributed by atoms with E-state index in [0.29, 0.717) is 19.8 Å². The molecular weight excluding hydrogens is 440 g/mol. The van der Waals surface area contributed by atoms with Crippen molar-refractivity contribution in [1.29, 1.82) is 0 Å². The van der Waals surface area contributed by atoms with Crippen molar-refractivity contribution in [3.63, 3.8) is 0 Å². The molecule has 0 aliphatic carbocycles. The maximum atomic E-state index is 6.93. The van der Waals surface area contributed by atoms with Crippen molar-refractivity contribution >= 4 is 8.32 Å². The molecule has 1 saturated heterocycles. The summed E-state index contributed by atoms with van der Waals surface area (Å²) in [6.07, 6.45) is 3.04. The van der Waals surface area contributed by atoms with Gasteiger partial charge in [-0.05, 0) is 35.7 Å². The fourth-order valence-electron chi connectivity index (χ4n) is 3.97. The average Bonchev–Trinajstić information content (AvgIpc) is 2.80. The molecule has 0 aromatic heterocycles.